The van der Waals surface area contributed by atoms with Crippen LogP contribution in [0, 0.1) is 5.41 Å². The van der Waals surface area contributed by atoms with Gasteiger partial charge in [0.15, 0.2) is 0 Å². The lowest BCUT2D eigenvalue weighted by Gasteiger charge is -2.29. The number of rotatable bonds is 10. The van der Waals surface area contributed by atoms with Crippen LogP contribution in [0.3, 0.4) is 0 Å². The molecule has 0 saturated heterocycles. The Hall–Kier alpha value is -0.610. The highest BCUT2D eigenvalue weighted by molar-refractivity contribution is 5.71. The maximum Gasteiger partial charge on any atom is 0.319 e. The molecule has 0 aromatic rings. The zero-order valence-corrected chi connectivity index (χ0v) is 11.4. The Morgan fingerprint density at radius 3 is 2.41 bits per heavy atom. The zero-order chi connectivity index (χ0) is 13.1. The third-order valence-corrected chi connectivity index (χ3v) is 3.37. The molecule has 0 fully saturated rings. The summed E-state index contributed by atoms with van der Waals surface area (Å²) in [6, 6.07) is 0. The average Bonchev–Trinajstić information content (AvgIpc) is 2.36. The zero-order valence-electron chi connectivity index (χ0n) is 11.4. The van der Waals surface area contributed by atoms with Gasteiger partial charge in [-0.1, -0.05) is 27.2 Å². The first-order valence-corrected chi connectivity index (χ1v) is 6.61. The molecule has 0 bridgehead atoms. The smallest absolute Gasteiger partial charge is 0.319 e. The van der Waals surface area contributed by atoms with E-state index in [4.69, 9.17) is 4.74 Å². The molecule has 0 heterocycles. The van der Waals surface area contributed by atoms with Gasteiger partial charge in [-0.3, -0.25) is 4.79 Å². The van der Waals surface area contributed by atoms with E-state index < -0.39 is 0 Å². The molecule has 0 atom stereocenters. The lowest BCUT2D eigenvalue weighted by atomic mass is 9.83. The first-order valence-electron chi connectivity index (χ1n) is 6.61. The summed E-state index contributed by atoms with van der Waals surface area (Å²) < 4.78 is 5.03. The number of hydrogen-bond acceptors (Lipinski definition) is 4. The fourth-order valence-corrected chi connectivity index (χ4v) is 1.59. The van der Waals surface area contributed by atoms with Crippen molar-refractivity contribution >= 4 is 5.97 Å². The summed E-state index contributed by atoms with van der Waals surface area (Å²) in [5.74, 6) is -0.211. The van der Waals surface area contributed by atoms with Crippen molar-refractivity contribution in [1.29, 1.82) is 0 Å². The molecular weight excluding hydrogens is 218 g/mol. The van der Waals surface area contributed by atoms with E-state index in [9.17, 15) is 9.90 Å². The summed E-state index contributed by atoms with van der Waals surface area (Å²) >= 11 is 0. The minimum absolute atomic E-state index is 0.107. The van der Waals surface area contributed by atoms with E-state index in [0.29, 0.717) is 13.2 Å². The summed E-state index contributed by atoms with van der Waals surface area (Å²) in [5.41, 5.74) is -0.107. The number of esters is 1. The molecule has 0 amide bonds. The second kappa shape index (κ2) is 9.42. The molecule has 4 nitrogen and oxygen atoms in total. The van der Waals surface area contributed by atoms with E-state index >= 15 is 0 Å². The van der Waals surface area contributed by atoms with Crippen LogP contribution in [0.4, 0.5) is 0 Å². The minimum Gasteiger partial charge on any atom is -0.465 e. The van der Waals surface area contributed by atoms with Gasteiger partial charge in [0, 0.05) is 18.6 Å². The van der Waals surface area contributed by atoms with Gasteiger partial charge in [0.25, 0.3) is 0 Å². The molecule has 0 aromatic heterocycles. The molecule has 0 radical (unpaired) electrons. The summed E-state index contributed by atoms with van der Waals surface area (Å²) in [6.07, 6.45) is 3.74. The normalized spacial score (nSPS) is 11.5. The molecule has 4 heteroatoms. The summed E-state index contributed by atoms with van der Waals surface area (Å²) in [6.45, 7) is 7.71. The molecule has 0 aromatic carbocycles. The molecule has 17 heavy (non-hydrogen) atoms. The molecule has 2 N–H and O–H groups in total. The highest BCUT2D eigenvalue weighted by Gasteiger charge is 2.24. The molecule has 0 aliphatic carbocycles. The molecule has 0 saturated carbocycles. The van der Waals surface area contributed by atoms with Crippen molar-refractivity contribution in [3.05, 3.63) is 0 Å². The summed E-state index contributed by atoms with van der Waals surface area (Å²) in [7, 11) is 0. The van der Waals surface area contributed by atoms with Crippen LogP contribution >= 0.6 is 0 Å². The first kappa shape index (κ1) is 16.4. The van der Waals surface area contributed by atoms with Gasteiger partial charge >= 0.3 is 5.97 Å². The van der Waals surface area contributed by atoms with Crippen molar-refractivity contribution in [3.63, 3.8) is 0 Å². The van der Waals surface area contributed by atoms with E-state index in [1.807, 2.05) is 0 Å². The van der Waals surface area contributed by atoms with Crippen LogP contribution in [0.25, 0.3) is 0 Å². The monoisotopic (exact) mass is 245 g/mol. The minimum atomic E-state index is -0.211. The number of aliphatic hydroxyl groups excluding tert-OH is 1. The fourth-order valence-electron chi connectivity index (χ4n) is 1.59. The van der Waals surface area contributed by atoms with Gasteiger partial charge in [-0.2, -0.15) is 0 Å². The highest BCUT2D eigenvalue weighted by Crippen LogP contribution is 2.24. The fraction of sp³-hybridized carbons (Fsp3) is 0.923. The maximum atomic E-state index is 11.3. The molecule has 0 spiro atoms. The van der Waals surface area contributed by atoms with E-state index in [1.165, 1.54) is 0 Å². The Labute approximate surface area is 105 Å². The molecule has 0 rings (SSSR count). The van der Waals surface area contributed by atoms with Crippen LogP contribution in [0.1, 0.15) is 46.5 Å². The van der Waals surface area contributed by atoms with E-state index in [-0.39, 0.29) is 24.5 Å². The Morgan fingerprint density at radius 1 is 1.29 bits per heavy atom. The van der Waals surface area contributed by atoms with E-state index in [1.54, 1.807) is 0 Å². The SMILES string of the molecule is CCCCOC(=O)CNCC(CC)(CC)CO. The van der Waals surface area contributed by atoms with Crippen LogP contribution in [-0.4, -0.2) is 37.4 Å². The quantitative estimate of drug-likeness (QED) is 0.454. The van der Waals surface area contributed by atoms with Crippen molar-refractivity contribution in [2.45, 2.75) is 46.5 Å². The van der Waals surface area contributed by atoms with Gasteiger partial charge in [0.2, 0.25) is 0 Å². The third-order valence-electron chi connectivity index (χ3n) is 3.37. The van der Waals surface area contributed by atoms with E-state index in [2.05, 4.69) is 26.1 Å². The number of carbonyl (C=O) groups is 1. The standard InChI is InChI=1S/C13H27NO3/c1-4-7-8-17-12(16)9-14-10-13(5-2,6-3)11-15/h14-15H,4-11H2,1-3H3. The predicted molar refractivity (Wildman–Crippen MR) is 68.8 cm³/mol. The second-order valence-electron chi connectivity index (χ2n) is 4.54. The summed E-state index contributed by atoms with van der Waals surface area (Å²) in [4.78, 5) is 11.3. The Morgan fingerprint density at radius 2 is 1.94 bits per heavy atom. The van der Waals surface area contributed by atoms with Gasteiger partial charge in [0.1, 0.15) is 0 Å². The van der Waals surface area contributed by atoms with Crippen LogP contribution in [0.2, 0.25) is 0 Å². The van der Waals surface area contributed by atoms with Crippen molar-refractivity contribution in [3.8, 4) is 0 Å². The number of unbranched alkanes of at least 4 members (excludes halogenated alkanes) is 1. The van der Waals surface area contributed by atoms with Crippen LogP contribution < -0.4 is 5.32 Å². The van der Waals surface area contributed by atoms with Gasteiger partial charge in [-0.15, -0.1) is 0 Å². The van der Waals surface area contributed by atoms with Crippen molar-refractivity contribution in [2.24, 2.45) is 5.41 Å². The number of hydrogen-bond donors (Lipinski definition) is 2. The highest BCUT2D eigenvalue weighted by atomic mass is 16.5. The number of nitrogens with one attached hydrogen (secondary N) is 1. The Kier molecular flexibility index (Phi) is 9.09. The largest absolute Gasteiger partial charge is 0.465 e. The lowest BCUT2D eigenvalue weighted by Crippen LogP contribution is -2.39. The molecule has 0 aliphatic heterocycles. The average molecular weight is 245 g/mol. The van der Waals surface area contributed by atoms with Crippen LogP contribution in [-0.2, 0) is 9.53 Å². The molecule has 102 valence electrons. The Bertz CT molecular complexity index is 195. The van der Waals surface area contributed by atoms with Gasteiger partial charge < -0.3 is 15.2 Å². The van der Waals surface area contributed by atoms with Gasteiger partial charge in [-0.05, 0) is 19.3 Å². The van der Waals surface area contributed by atoms with Gasteiger partial charge in [0.05, 0.1) is 13.2 Å². The third kappa shape index (κ3) is 6.64. The number of ether oxygens (including phenoxy) is 1. The topological polar surface area (TPSA) is 58.6 Å². The van der Waals surface area contributed by atoms with E-state index in [0.717, 1.165) is 25.7 Å². The Balaban J connectivity index is 3.77. The summed E-state index contributed by atoms with van der Waals surface area (Å²) in [5, 5.41) is 12.4. The molecule has 0 aliphatic rings. The van der Waals surface area contributed by atoms with Crippen molar-refractivity contribution in [1.82, 2.24) is 5.32 Å². The number of aliphatic hydroxyl groups is 1. The predicted octanol–water partition coefficient (Wildman–Crippen LogP) is 1.72. The second-order valence-corrected chi connectivity index (χ2v) is 4.54. The maximum absolute atomic E-state index is 11.3. The van der Waals surface area contributed by atoms with Crippen molar-refractivity contribution < 1.29 is 14.6 Å². The van der Waals surface area contributed by atoms with Crippen molar-refractivity contribution in [2.75, 3.05) is 26.3 Å². The van der Waals surface area contributed by atoms with Crippen LogP contribution in [0.15, 0.2) is 0 Å². The molecule has 0 unspecified atom stereocenters. The van der Waals surface area contributed by atoms with Gasteiger partial charge in [-0.25, -0.2) is 0 Å². The number of carbonyl (C=O) groups excluding carboxylic acids is 1. The lowest BCUT2D eigenvalue weighted by molar-refractivity contribution is -0.142. The molecular formula is C13H27NO3. The first-order chi connectivity index (χ1) is 8.14. The van der Waals surface area contributed by atoms with Crippen LogP contribution in [0.5, 0.6) is 0 Å².